The van der Waals surface area contributed by atoms with Gasteiger partial charge >= 0.3 is 0 Å². The van der Waals surface area contributed by atoms with Gasteiger partial charge in [-0.25, -0.2) is 0 Å². The minimum absolute atomic E-state index is 0.339. The van der Waals surface area contributed by atoms with E-state index < -0.39 is 17.9 Å². The van der Waals surface area contributed by atoms with Crippen molar-refractivity contribution in [2.24, 2.45) is 0 Å². The highest BCUT2D eigenvalue weighted by molar-refractivity contribution is 7.98. The quantitative estimate of drug-likeness (QED) is 0.795. The maximum atomic E-state index is 12.9. The number of benzene rings is 2. The molecule has 0 radical (unpaired) electrons. The molecule has 0 saturated carbocycles. The number of nitrogens with one attached hydrogen (secondary N) is 1. The van der Waals surface area contributed by atoms with Gasteiger partial charge in [-0.3, -0.25) is 19.3 Å². The summed E-state index contributed by atoms with van der Waals surface area (Å²) in [6.07, 6.45) is 2.62. The standard InChI is InChI=1S/C20H20N2O3S/c1-3-13-8-4-7-11-16(13)21-18(23)17(12-26-2)22-19(24)14-9-5-6-10-15(14)20(22)25/h4-11,17H,3,12H2,1-2H3,(H,21,23)/t17-/m0/s1. The summed E-state index contributed by atoms with van der Waals surface area (Å²) in [7, 11) is 0. The molecule has 1 heterocycles. The number of aryl methyl sites for hydroxylation is 1. The molecule has 1 aliphatic rings. The number of thioether (sulfide) groups is 1. The number of amides is 3. The van der Waals surface area contributed by atoms with Crippen LogP contribution in [0, 0.1) is 0 Å². The van der Waals surface area contributed by atoms with Crippen LogP contribution in [-0.2, 0) is 11.2 Å². The highest BCUT2D eigenvalue weighted by Crippen LogP contribution is 2.26. The third-order valence-corrected chi connectivity index (χ3v) is 5.07. The minimum atomic E-state index is -0.859. The maximum absolute atomic E-state index is 12.9. The molecule has 2 aromatic carbocycles. The molecule has 0 fully saturated rings. The fourth-order valence-electron chi connectivity index (χ4n) is 3.08. The van der Waals surface area contributed by atoms with E-state index >= 15 is 0 Å². The maximum Gasteiger partial charge on any atom is 0.262 e. The Bertz CT molecular complexity index is 831. The third kappa shape index (κ3) is 3.24. The average molecular weight is 368 g/mol. The van der Waals surface area contributed by atoms with Crippen LogP contribution < -0.4 is 5.32 Å². The molecule has 0 spiro atoms. The average Bonchev–Trinajstić information content (AvgIpc) is 2.91. The van der Waals surface area contributed by atoms with Gasteiger partial charge in [-0.05, 0) is 36.4 Å². The van der Waals surface area contributed by atoms with Crippen molar-refractivity contribution in [3.8, 4) is 0 Å². The molecule has 1 N–H and O–H groups in total. The van der Waals surface area contributed by atoms with Crippen molar-refractivity contribution < 1.29 is 14.4 Å². The number of hydrogen-bond acceptors (Lipinski definition) is 4. The van der Waals surface area contributed by atoms with Crippen LogP contribution in [-0.4, -0.2) is 40.7 Å². The second-order valence-electron chi connectivity index (χ2n) is 6.00. The second kappa shape index (κ2) is 7.74. The van der Waals surface area contributed by atoms with Crippen LogP contribution in [0.25, 0.3) is 0 Å². The van der Waals surface area contributed by atoms with Crippen molar-refractivity contribution in [1.82, 2.24) is 4.90 Å². The Hall–Kier alpha value is -2.60. The molecule has 3 amide bonds. The molecule has 3 rings (SSSR count). The lowest BCUT2D eigenvalue weighted by Crippen LogP contribution is -2.48. The summed E-state index contributed by atoms with van der Waals surface area (Å²) >= 11 is 1.42. The predicted molar refractivity (Wildman–Crippen MR) is 104 cm³/mol. The predicted octanol–water partition coefficient (Wildman–Crippen LogP) is 3.22. The lowest BCUT2D eigenvalue weighted by molar-refractivity contribution is -0.119. The summed E-state index contributed by atoms with van der Waals surface area (Å²) in [6.45, 7) is 2.01. The molecule has 1 atom stereocenters. The van der Waals surface area contributed by atoms with Crippen LogP contribution in [0.4, 0.5) is 5.69 Å². The molecule has 0 bridgehead atoms. The van der Waals surface area contributed by atoms with Crippen molar-refractivity contribution >= 4 is 35.2 Å². The molecular weight excluding hydrogens is 348 g/mol. The van der Waals surface area contributed by atoms with E-state index in [2.05, 4.69) is 5.32 Å². The summed E-state index contributed by atoms with van der Waals surface area (Å²) in [5.74, 6) is -0.840. The van der Waals surface area contributed by atoms with Crippen molar-refractivity contribution in [1.29, 1.82) is 0 Å². The van der Waals surface area contributed by atoms with Crippen LogP contribution in [0.5, 0.6) is 0 Å². The molecule has 1 aliphatic heterocycles. The van der Waals surface area contributed by atoms with Gasteiger partial charge in [0.05, 0.1) is 11.1 Å². The Balaban J connectivity index is 1.89. The lowest BCUT2D eigenvalue weighted by Gasteiger charge is -2.25. The van der Waals surface area contributed by atoms with Crippen LogP contribution in [0.3, 0.4) is 0 Å². The van der Waals surface area contributed by atoms with E-state index in [0.717, 1.165) is 16.9 Å². The summed E-state index contributed by atoms with van der Waals surface area (Å²) in [5, 5.41) is 2.89. The first-order chi connectivity index (χ1) is 12.6. The molecule has 6 heteroatoms. The fourth-order valence-corrected chi connectivity index (χ4v) is 3.70. The highest BCUT2D eigenvalue weighted by atomic mass is 32.2. The van der Waals surface area contributed by atoms with Gasteiger partial charge in [0.25, 0.3) is 11.8 Å². The van der Waals surface area contributed by atoms with Crippen molar-refractivity contribution in [3.05, 3.63) is 65.2 Å². The molecule has 0 aromatic heterocycles. The summed E-state index contributed by atoms with van der Waals surface area (Å²) < 4.78 is 0. The number of carbonyl (C=O) groups excluding carboxylic acids is 3. The van der Waals surface area contributed by atoms with E-state index in [1.54, 1.807) is 24.3 Å². The number of nitrogens with zero attached hydrogens (tertiary/aromatic N) is 1. The van der Waals surface area contributed by atoms with E-state index in [9.17, 15) is 14.4 Å². The number of rotatable bonds is 6. The van der Waals surface area contributed by atoms with Gasteiger partial charge < -0.3 is 5.32 Å². The Morgan fingerprint density at radius 1 is 1.04 bits per heavy atom. The SMILES string of the molecule is CCc1ccccc1NC(=O)[C@H](CSC)N1C(=O)c2ccccc2C1=O. The van der Waals surface area contributed by atoms with E-state index in [1.807, 2.05) is 37.4 Å². The smallest absolute Gasteiger partial charge is 0.262 e. The Kier molecular flexibility index (Phi) is 5.42. The van der Waals surface area contributed by atoms with Gasteiger partial charge in [0.1, 0.15) is 6.04 Å². The molecule has 5 nitrogen and oxygen atoms in total. The summed E-state index contributed by atoms with van der Waals surface area (Å²) in [4.78, 5) is 39.5. The first-order valence-electron chi connectivity index (χ1n) is 8.43. The largest absolute Gasteiger partial charge is 0.324 e. The Morgan fingerprint density at radius 2 is 1.62 bits per heavy atom. The number of fused-ring (bicyclic) bond motifs is 1. The fraction of sp³-hybridized carbons (Fsp3) is 0.250. The zero-order chi connectivity index (χ0) is 18.7. The van der Waals surface area contributed by atoms with E-state index in [0.29, 0.717) is 22.6 Å². The van der Waals surface area contributed by atoms with Gasteiger partial charge in [0, 0.05) is 11.4 Å². The van der Waals surface area contributed by atoms with Crippen LogP contribution >= 0.6 is 11.8 Å². The number of carbonyl (C=O) groups is 3. The van der Waals surface area contributed by atoms with Gasteiger partial charge in [0.15, 0.2) is 0 Å². The zero-order valence-electron chi connectivity index (χ0n) is 14.7. The van der Waals surface area contributed by atoms with E-state index in [4.69, 9.17) is 0 Å². The zero-order valence-corrected chi connectivity index (χ0v) is 15.5. The summed E-state index contributed by atoms with van der Waals surface area (Å²) in [6, 6.07) is 13.4. The Labute approximate surface area is 156 Å². The lowest BCUT2D eigenvalue weighted by atomic mass is 10.1. The molecule has 0 saturated heterocycles. The molecule has 0 unspecified atom stereocenters. The number of hydrogen-bond donors (Lipinski definition) is 1. The van der Waals surface area contributed by atoms with Crippen LogP contribution in [0.2, 0.25) is 0 Å². The first kappa shape index (κ1) is 18.2. The molecule has 2 aromatic rings. The molecular formula is C20H20N2O3S. The topological polar surface area (TPSA) is 66.5 Å². The molecule has 134 valence electrons. The Morgan fingerprint density at radius 3 is 2.19 bits per heavy atom. The monoisotopic (exact) mass is 368 g/mol. The van der Waals surface area contributed by atoms with Crippen LogP contribution in [0.1, 0.15) is 33.2 Å². The highest BCUT2D eigenvalue weighted by Gasteiger charge is 2.42. The van der Waals surface area contributed by atoms with Gasteiger partial charge in [0.2, 0.25) is 5.91 Å². The minimum Gasteiger partial charge on any atom is -0.324 e. The van der Waals surface area contributed by atoms with E-state index in [1.165, 1.54) is 11.8 Å². The van der Waals surface area contributed by atoms with E-state index in [-0.39, 0.29) is 5.91 Å². The molecule has 26 heavy (non-hydrogen) atoms. The van der Waals surface area contributed by atoms with Crippen molar-refractivity contribution in [2.75, 3.05) is 17.3 Å². The number of imide groups is 1. The van der Waals surface area contributed by atoms with Gasteiger partial charge in [-0.1, -0.05) is 37.3 Å². The van der Waals surface area contributed by atoms with Crippen molar-refractivity contribution in [2.45, 2.75) is 19.4 Å². The van der Waals surface area contributed by atoms with Crippen LogP contribution in [0.15, 0.2) is 48.5 Å². The normalized spacial score (nSPS) is 14.3. The number of para-hydroxylation sites is 1. The number of anilines is 1. The van der Waals surface area contributed by atoms with Gasteiger partial charge in [-0.15, -0.1) is 0 Å². The second-order valence-corrected chi connectivity index (χ2v) is 6.91. The third-order valence-electron chi connectivity index (χ3n) is 4.42. The van der Waals surface area contributed by atoms with Gasteiger partial charge in [-0.2, -0.15) is 11.8 Å². The summed E-state index contributed by atoms with van der Waals surface area (Å²) in [5.41, 5.74) is 2.42. The molecule has 0 aliphatic carbocycles. The first-order valence-corrected chi connectivity index (χ1v) is 9.82. The van der Waals surface area contributed by atoms with Crippen molar-refractivity contribution in [3.63, 3.8) is 0 Å².